The molecule has 1 heterocycles. The normalized spacial score (nSPS) is 12.9. The number of ether oxygens (including phenoxy) is 1. The van der Waals surface area contributed by atoms with Gasteiger partial charge in [0, 0.05) is 25.9 Å². The van der Waals surface area contributed by atoms with E-state index in [1.54, 1.807) is 13.3 Å². The van der Waals surface area contributed by atoms with Gasteiger partial charge in [-0.2, -0.15) is 0 Å². The molecule has 1 aromatic rings. The molecule has 0 aliphatic heterocycles. The summed E-state index contributed by atoms with van der Waals surface area (Å²) in [5, 5.41) is 11.1. The van der Waals surface area contributed by atoms with Gasteiger partial charge in [0.2, 0.25) is 0 Å². The average molecular weight is 212 g/mol. The summed E-state index contributed by atoms with van der Waals surface area (Å²) < 4.78 is 6.89. The third kappa shape index (κ3) is 5.49. The summed E-state index contributed by atoms with van der Waals surface area (Å²) in [6, 6.07) is 0.432. The lowest BCUT2D eigenvalue weighted by atomic mass is 10.3. The van der Waals surface area contributed by atoms with Crippen molar-refractivity contribution in [1.29, 1.82) is 0 Å². The second kappa shape index (κ2) is 7.36. The van der Waals surface area contributed by atoms with E-state index in [1.807, 2.05) is 10.9 Å². The van der Waals surface area contributed by atoms with E-state index in [0.717, 1.165) is 32.5 Å². The highest BCUT2D eigenvalue weighted by Crippen LogP contribution is 1.93. The topological polar surface area (TPSA) is 52.0 Å². The molecule has 0 radical (unpaired) electrons. The molecular formula is C10H20N4O. The van der Waals surface area contributed by atoms with Gasteiger partial charge in [0.25, 0.3) is 0 Å². The fourth-order valence-electron chi connectivity index (χ4n) is 1.41. The monoisotopic (exact) mass is 212 g/mol. The van der Waals surface area contributed by atoms with Crippen molar-refractivity contribution >= 4 is 0 Å². The summed E-state index contributed by atoms with van der Waals surface area (Å²) in [5.74, 6) is 0. The number of methoxy groups -OCH3 is 1. The zero-order chi connectivity index (χ0) is 10.9. The van der Waals surface area contributed by atoms with Crippen LogP contribution in [0.25, 0.3) is 0 Å². The van der Waals surface area contributed by atoms with E-state index in [-0.39, 0.29) is 0 Å². The Balaban J connectivity index is 1.93. The minimum atomic E-state index is 0.432. The first-order chi connectivity index (χ1) is 7.33. The molecule has 0 aliphatic rings. The lowest BCUT2D eigenvalue weighted by Gasteiger charge is -2.12. The van der Waals surface area contributed by atoms with Gasteiger partial charge in [-0.25, -0.2) is 0 Å². The summed E-state index contributed by atoms with van der Waals surface area (Å²) in [5.41, 5.74) is 0. The lowest BCUT2D eigenvalue weighted by molar-refractivity contribution is 0.172. The van der Waals surface area contributed by atoms with Crippen LogP contribution in [0.3, 0.4) is 0 Å². The molecule has 0 aliphatic carbocycles. The van der Waals surface area contributed by atoms with Crippen LogP contribution in [0.15, 0.2) is 12.4 Å². The maximum absolute atomic E-state index is 5.03. The molecule has 1 atom stereocenters. The van der Waals surface area contributed by atoms with Gasteiger partial charge >= 0.3 is 0 Å². The Labute approximate surface area is 90.8 Å². The third-order valence-electron chi connectivity index (χ3n) is 2.20. The lowest BCUT2D eigenvalue weighted by Crippen LogP contribution is -2.30. The van der Waals surface area contributed by atoms with Crippen LogP contribution in [0.4, 0.5) is 0 Å². The molecule has 1 unspecified atom stereocenters. The van der Waals surface area contributed by atoms with E-state index in [1.165, 1.54) is 0 Å². The fraction of sp³-hybridized carbons (Fsp3) is 0.800. The minimum Gasteiger partial charge on any atom is -0.383 e. The highest BCUT2D eigenvalue weighted by molar-refractivity contribution is 4.64. The summed E-state index contributed by atoms with van der Waals surface area (Å²) >= 11 is 0. The first kappa shape index (κ1) is 12.1. The second-order valence-corrected chi connectivity index (χ2v) is 3.68. The van der Waals surface area contributed by atoms with Gasteiger partial charge in [-0.1, -0.05) is 5.21 Å². The predicted molar refractivity (Wildman–Crippen MR) is 58.6 cm³/mol. The van der Waals surface area contributed by atoms with Gasteiger partial charge in [-0.3, -0.25) is 4.68 Å². The van der Waals surface area contributed by atoms with Crippen molar-refractivity contribution in [1.82, 2.24) is 20.3 Å². The largest absolute Gasteiger partial charge is 0.383 e. The number of nitrogens with one attached hydrogen (secondary N) is 1. The highest BCUT2D eigenvalue weighted by atomic mass is 16.5. The van der Waals surface area contributed by atoms with E-state index >= 15 is 0 Å². The molecule has 0 spiro atoms. The van der Waals surface area contributed by atoms with Gasteiger partial charge in [-0.05, 0) is 26.3 Å². The van der Waals surface area contributed by atoms with Crippen molar-refractivity contribution in [3.8, 4) is 0 Å². The smallest absolute Gasteiger partial charge is 0.0692 e. The van der Waals surface area contributed by atoms with Crippen LogP contribution >= 0.6 is 0 Å². The Morgan fingerprint density at radius 2 is 2.33 bits per heavy atom. The summed E-state index contributed by atoms with van der Waals surface area (Å²) in [4.78, 5) is 0. The molecule has 0 bridgehead atoms. The highest BCUT2D eigenvalue weighted by Gasteiger charge is 1.98. The van der Waals surface area contributed by atoms with Crippen LogP contribution in [-0.2, 0) is 11.3 Å². The van der Waals surface area contributed by atoms with Gasteiger partial charge in [0.15, 0.2) is 0 Å². The van der Waals surface area contributed by atoms with Crippen molar-refractivity contribution in [2.45, 2.75) is 32.4 Å². The van der Waals surface area contributed by atoms with Crippen LogP contribution in [-0.4, -0.2) is 41.3 Å². The molecule has 0 saturated heterocycles. The molecule has 0 fully saturated rings. The average Bonchev–Trinajstić information content (AvgIpc) is 2.70. The maximum atomic E-state index is 5.03. The first-order valence-electron chi connectivity index (χ1n) is 5.39. The molecule has 0 saturated carbocycles. The number of unbranched alkanes of at least 4 members (excludes halogenated alkanes) is 1. The Morgan fingerprint density at radius 1 is 1.47 bits per heavy atom. The number of aromatic nitrogens is 3. The standard InChI is InChI=1S/C10H20N4O/c1-10(9-15-2)11-5-3-4-7-14-8-6-12-13-14/h6,8,10-11H,3-5,7,9H2,1-2H3. The Morgan fingerprint density at radius 3 is 3.00 bits per heavy atom. The molecular weight excluding hydrogens is 192 g/mol. The Hall–Kier alpha value is -0.940. The predicted octanol–water partition coefficient (Wildman–Crippen LogP) is 0.683. The zero-order valence-corrected chi connectivity index (χ0v) is 9.52. The van der Waals surface area contributed by atoms with E-state index in [4.69, 9.17) is 4.74 Å². The van der Waals surface area contributed by atoms with Crippen molar-refractivity contribution in [3.63, 3.8) is 0 Å². The second-order valence-electron chi connectivity index (χ2n) is 3.68. The quantitative estimate of drug-likeness (QED) is 0.644. The molecule has 0 aromatic carbocycles. The number of aryl methyl sites for hydroxylation is 1. The van der Waals surface area contributed by atoms with Gasteiger partial charge in [0.05, 0.1) is 12.8 Å². The van der Waals surface area contributed by atoms with Crippen molar-refractivity contribution in [2.75, 3.05) is 20.3 Å². The molecule has 1 aromatic heterocycles. The van der Waals surface area contributed by atoms with Crippen LogP contribution in [0.2, 0.25) is 0 Å². The summed E-state index contributed by atoms with van der Waals surface area (Å²) in [7, 11) is 1.73. The Kier molecular flexibility index (Phi) is 5.96. The number of hydrogen-bond donors (Lipinski definition) is 1. The Bertz CT molecular complexity index is 238. The summed E-state index contributed by atoms with van der Waals surface area (Å²) in [6.07, 6.45) is 5.86. The molecule has 1 N–H and O–H groups in total. The SMILES string of the molecule is COCC(C)NCCCCn1ccnn1. The number of rotatable bonds is 8. The third-order valence-corrected chi connectivity index (χ3v) is 2.20. The zero-order valence-electron chi connectivity index (χ0n) is 9.52. The summed E-state index contributed by atoms with van der Waals surface area (Å²) in [6.45, 7) is 4.86. The number of hydrogen-bond acceptors (Lipinski definition) is 4. The molecule has 1 rings (SSSR count). The van der Waals surface area contributed by atoms with E-state index < -0.39 is 0 Å². The fourth-order valence-corrected chi connectivity index (χ4v) is 1.41. The van der Waals surface area contributed by atoms with Crippen LogP contribution < -0.4 is 5.32 Å². The van der Waals surface area contributed by atoms with Crippen LogP contribution in [0.1, 0.15) is 19.8 Å². The minimum absolute atomic E-state index is 0.432. The van der Waals surface area contributed by atoms with Crippen molar-refractivity contribution in [2.24, 2.45) is 0 Å². The van der Waals surface area contributed by atoms with Crippen molar-refractivity contribution < 1.29 is 4.74 Å². The van der Waals surface area contributed by atoms with Crippen molar-refractivity contribution in [3.05, 3.63) is 12.4 Å². The van der Waals surface area contributed by atoms with Gasteiger partial charge in [0.1, 0.15) is 0 Å². The molecule has 5 nitrogen and oxygen atoms in total. The van der Waals surface area contributed by atoms with Gasteiger partial charge < -0.3 is 10.1 Å². The molecule has 86 valence electrons. The van der Waals surface area contributed by atoms with Gasteiger partial charge in [-0.15, -0.1) is 5.10 Å². The van der Waals surface area contributed by atoms with Crippen LogP contribution in [0, 0.1) is 0 Å². The molecule has 0 amide bonds. The van der Waals surface area contributed by atoms with Crippen LogP contribution in [0.5, 0.6) is 0 Å². The number of nitrogens with zero attached hydrogens (tertiary/aromatic N) is 3. The van der Waals surface area contributed by atoms with E-state index in [9.17, 15) is 0 Å². The maximum Gasteiger partial charge on any atom is 0.0692 e. The van der Waals surface area contributed by atoms with E-state index in [0.29, 0.717) is 6.04 Å². The molecule has 5 heteroatoms. The molecule has 15 heavy (non-hydrogen) atoms. The van der Waals surface area contributed by atoms with E-state index in [2.05, 4.69) is 22.6 Å². The first-order valence-corrected chi connectivity index (χ1v) is 5.39.